The number of rotatable bonds is 2. The fraction of sp³-hybridized carbons (Fsp3) is 0.286. The monoisotopic (exact) mass is 396 g/mol. The Morgan fingerprint density at radius 2 is 2.13 bits per heavy atom. The lowest BCUT2D eigenvalue weighted by atomic mass is 10.3. The molecule has 0 aromatic carbocycles. The van der Waals surface area contributed by atoms with Gasteiger partial charge in [0.05, 0.1) is 10.2 Å². The summed E-state index contributed by atoms with van der Waals surface area (Å²) in [5.74, 6) is -0.384. The zero-order chi connectivity index (χ0) is 11.6. The van der Waals surface area contributed by atoms with E-state index in [1.165, 1.54) is 6.07 Å². The van der Waals surface area contributed by atoms with Crippen molar-refractivity contribution < 1.29 is 17.9 Å². The molecule has 1 aromatic rings. The molecule has 0 saturated heterocycles. The van der Waals surface area contributed by atoms with E-state index in [0.717, 1.165) is 0 Å². The quantitative estimate of drug-likeness (QED) is 0.617. The summed E-state index contributed by atoms with van der Waals surface area (Å²) < 4.78 is 40.6. The Kier molecular flexibility index (Phi) is 4.18. The van der Waals surface area contributed by atoms with Crippen LogP contribution < -0.4 is 10.5 Å². The van der Waals surface area contributed by atoms with Gasteiger partial charge in [0.15, 0.2) is 5.75 Å². The summed E-state index contributed by atoms with van der Waals surface area (Å²) in [5, 5.41) is 0. The van der Waals surface area contributed by atoms with Gasteiger partial charge in [0.1, 0.15) is 3.70 Å². The molecule has 0 aliphatic rings. The molecular weight excluding hydrogens is 392 g/mol. The largest absolute Gasteiger partial charge is 0.573 e. The van der Waals surface area contributed by atoms with Gasteiger partial charge in [0, 0.05) is 6.54 Å². The van der Waals surface area contributed by atoms with Gasteiger partial charge in [-0.15, -0.1) is 13.2 Å². The van der Waals surface area contributed by atoms with E-state index in [9.17, 15) is 13.2 Å². The van der Waals surface area contributed by atoms with Crippen LogP contribution in [0.2, 0.25) is 0 Å². The summed E-state index contributed by atoms with van der Waals surface area (Å²) >= 11 is 4.84. The first kappa shape index (κ1) is 13.0. The molecule has 0 bridgehead atoms. The zero-order valence-corrected chi connectivity index (χ0v) is 10.9. The molecule has 0 radical (unpaired) electrons. The molecule has 2 N–H and O–H groups in total. The summed E-state index contributed by atoms with van der Waals surface area (Å²) in [4.78, 5) is 3.84. The number of hydrogen-bond donors (Lipinski definition) is 1. The van der Waals surface area contributed by atoms with Gasteiger partial charge in [-0.1, -0.05) is 0 Å². The van der Waals surface area contributed by atoms with Crippen LogP contribution in [-0.2, 0) is 6.54 Å². The fourth-order valence-corrected chi connectivity index (χ4v) is 2.44. The van der Waals surface area contributed by atoms with Crippen LogP contribution in [0.15, 0.2) is 10.5 Å². The molecule has 15 heavy (non-hydrogen) atoms. The predicted molar refractivity (Wildman–Crippen MR) is 59.2 cm³/mol. The molecule has 84 valence electrons. The Bertz CT molecular complexity index is 372. The average Bonchev–Trinajstić information content (AvgIpc) is 2.07. The average molecular weight is 397 g/mol. The first-order valence-electron chi connectivity index (χ1n) is 3.64. The predicted octanol–water partition coefficient (Wildman–Crippen LogP) is 2.81. The zero-order valence-electron chi connectivity index (χ0n) is 7.11. The molecule has 0 aliphatic heterocycles. The van der Waals surface area contributed by atoms with E-state index < -0.39 is 6.36 Å². The molecule has 3 nitrogen and oxygen atoms in total. The highest BCUT2D eigenvalue weighted by molar-refractivity contribution is 14.1. The Hall–Kier alpha value is -0.0900. The number of alkyl halides is 3. The van der Waals surface area contributed by atoms with Crippen LogP contribution in [0.25, 0.3) is 0 Å². The van der Waals surface area contributed by atoms with Crippen molar-refractivity contribution in [2.75, 3.05) is 0 Å². The summed E-state index contributed by atoms with van der Waals surface area (Å²) in [7, 11) is 0. The Morgan fingerprint density at radius 1 is 1.53 bits per heavy atom. The number of nitrogens with zero attached hydrogens (tertiary/aromatic N) is 1. The number of pyridine rings is 1. The number of halogens is 5. The second-order valence-electron chi connectivity index (χ2n) is 2.45. The van der Waals surface area contributed by atoms with Crippen LogP contribution in [0.4, 0.5) is 13.2 Å². The minimum atomic E-state index is -4.75. The molecule has 1 heterocycles. The highest BCUT2D eigenvalue weighted by atomic mass is 127. The van der Waals surface area contributed by atoms with Crippen LogP contribution in [0, 0.1) is 3.70 Å². The first-order valence-corrected chi connectivity index (χ1v) is 5.51. The molecule has 8 heteroatoms. The third-order valence-corrected chi connectivity index (χ3v) is 2.52. The van der Waals surface area contributed by atoms with E-state index in [0.29, 0.717) is 3.70 Å². The third-order valence-electron chi connectivity index (χ3n) is 1.38. The molecule has 0 saturated carbocycles. The van der Waals surface area contributed by atoms with Crippen LogP contribution >= 0.6 is 38.5 Å². The van der Waals surface area contributed by atoms with Crippen molar-refractivity contribution in [2.24, 2.45) is 5.73 Å². The van der Waals surface area contributed by atoms with Crippen LogP contribution in [0.3, 0.4) is 0 Å². The van der Waals surface area contributed by atoms with Gasteiger partial charge in [-0.25, -0.2) is 4.98 Å². The van der Waals surface area contributed by atoms with Gasteiger partial charge in [-0.3, -0.25) is 0 Å². The number of nitrogens with two attached hydrogens (primary N) is 1. The molecule has 0 spiro atoms. The van der Waals surface area contributed by atoms with Crippen molar-refractivity contribution in [3.05, 3.63) is 19.9 Å². The normalized spacial score (nSPS) is 11.6. The second-order valence-corrected chi connectivity index (χ2v) is 4.41. The van der Waals surface area contributed by atoms with E-state index in [4.69, 9.17) is 5.73 Å². The van der Waals surface area contributed by atoms with Crippen molar-refractivity contribution in [3.63, 3.8) is 0 Å². The minimum Gasteiger partial charge on any atom is -0.403 e. The van der Waals surface area contributed by atoms with Crippen molar-refractivity contribution in [2.45, 2.75) is 12.9 Å². The molecule has 0 aliphatic carbocycles. The van der Waals surface area contributed by atoms with Crippen molar-refractivity contribution in [3.8, 4) is 5.75 Å². The van der Waals surface area contributed by atoms with Gasteiger partial charge >= 0.3 is 6.36 Å². The van der Waals surface area contributed by atoms with Gasteiger partial charge in [0.2, 0.25) is 0 Å². The Labute approximate surface area is 105 Å². The third kappa shape index (κ3) is 3.76. The summed E-state index contributed by atoms with van der Waals surface area (Å²) in [5.41, 5.74) is 5.33. The summed E-state index contributed by atoms with van der Waals surface area (Å²) in [6, 6.07) is 1.42. The summed E-state index contributed by atoms with van der Waals surface area (Å²) in [6.07, 6.45) is -4.75. The fourth-order valence-electron chi connectivity index (χ4n) is 0.882. The minimum absolute atomic E-state index is 0.0612. The second kappa shape index (κ2) is 4.83. The van der Waals surface area contributed by atoms with E-state index in [1.54, 1.807) is 0 Å². The van der Waals surface area contributed by atoms with Gasteiger partial charge in [-0.05, 0) is 44.6 Å². The lowest BCUT2D eigenvalue weighted by Crippen LogP contribution is -2.20. The highest BCUT2D eigenvalue weighted by Gasteiger charge is 2.33. The van der Waals surface area contributed by atoms with E-state index in [-0.39, 0.29) is 22.5 Å². The van der Waals surface area contributed by atoms with Gasteiger partial charge < -0.3 is 10.5 Å². The number of aromatic nitrogens is 1. The SMILES string of the molecule is NCc1nc(I)cc(Br)c1OC(F)(F)F. The maximum absolute atomic E-state index is 12.0. The highest BCUT2D eigenvalue weighted by Crippen LogP contribution is 2.33. The van der Waals surface area contributed by atoms with E-state index >= 15 is 0 Å². The molecule has 1 aromatic heterocycles. The van der Waals surface area contributed by atoms with Crippen molar-refractivity contribution in [1.82, 2.24) is 4.98 Å². The first-order chi connectivity index (χ1) is 6.83. The lowest BCUT2D eigenvalue weighted by molar-refractivity contribution is -0.275. The maximum atomic E-state index is 12.0. The van der Waals surface area contributed by atoms with Gasteiger partial charge in [-0.2, -0.15) is 0 Å². The molecule has 0 unspecified atom stereocenters. The standard InChI is InChI=1S/C7H5BrF3IN2O/c8-3-1-5(12)14-4(2-13)6(3)15-7(9,10)11/h1H,2,13H2. The molecule has 1 rings (SSSR count). The summed E-state index contributed by atoms with van der Waals surface area (Å²) in [6.45, 7) is -0.124. The molecule has 0 fully saturated rings. The smallest absolute Gasteiger partial charge is 0.403 e. The molecule has 0 atom stereocenters. The maximum Gasteiger partial charge on any atom is 0.573 e. The van der Waals surface area contributed by atoms with Crippen molar-refractivity contribution in [1.29, 1.82) is 0 Å². The van der Waals surface area contributed by atoms with Crippen LogP contribution in [0.1, 0.15) is 5.69 Å². The van der Waals surface area contributed by atoms with Crippen LogP contribution in [0.5, 0.6) is 5.75 Å². The topological polar surface area (TPSA) is 48.1 Å². The lowest BCUT2D eigenvalue weighted by Gasteiger charge is -2.13. The van der Waals surface area contributed by atoms with Gasteiger partial charge in [0.25, 0.3) is 0 Å². The Morgan fingerprint density at radius 3 is 2.60 bits per heavy atom. The number of ether oxygens (including phenoxy) is 1. The van der Waals surface area contributed by atoms with Crippen molar-refractivity contribution >= 4 is 38.5 Å². The van der Waals surface area contributed by atoms with Crippen LogP contribution in [-0.4, -0.2) is 11.3 Å². The Balaban J connectivity index is 3.15. The van der Waals surface area contributed by atoms with E-state index in [1.807, 2.05) is 22.6 Å². The van der Waals surface area contributed by atoms with E-state index in [2.05, 4.69) is 25.7 Å². The number of hydrogen-bond acceptors (Lipinski definition) is 3. The molecule has 0 amide bonds. The molecular formula is C7H5BrF3IN2O.